The Labute approximate surface area is 91.1 Å². The fourth-order valence-electron chi connectivity index (χ4n) is 2.30. The van der Waals surface area contributed by atoms with Gasteiger partial charge in [0.05, 0.1) is 6.61 Å². The summed E-state index contributed by atoms with van der Waals surface area (Å²) in [6, 6.07) is 1.38. The summed E-state index contributed by atoms with van der Waals surface area (Å²) in [4.78, 5) is 13.8. The lowest BCUT2D eigenvalue weighted by Gasteiger charge is -2.19. The average molecular weight is 209 g/mol. The van der Waals surface area contributed by atoms with Gasteiger partial charge in [-0.05, 0) is 38.7 Å². The first kappa shape index (κ1) is 10.7. The Morgan fingerprint density at radius 3 is 2.93 bits per heavy atom. The van der Waals surface area contributed by atoms with E-state index in [0.717, 1.165) is 19.0 Å². The van der Waals surface area contributed by atoms with Crippen LogP contribution in [0.1, 0.15) is 33.1 Å². The molecule has 2 fully saturated rings. The van der Waals surface area contributed by atoms with Crippen LogP contribution in [0.25, 0.3) is 0 Å². The lowest BCUT2D eigenvalue weighted by molar-refractivity contribution is -0.137. The molecular weight excluding hydrogens is 190 g/mol. The molecule has 3 nitrogen and oxygen atoms in total. The van der Waals surface area contributed by atoms with Gasteiger partial charge < -0.3 is 4.74 Å². The van der Waals surface area contributed by atoms with Crippen molar-refractivity contribution in [3.8, 4) is 0 Å². The minimum absolute atomic E-state index is 0.183. The van der Waals surface area contributed by atoms with Crippen LogP contribution in [0, 0.1) is 0 Å². The monoisotopic (exact) mass is 209 g/mol. The van der Waals surface area contributed by atoms with Gasteiger partial charge in [0.15, 0.2) is 0 Å². The van der Waals surface area contributed by atoms with Crippen molar-refractivity contribution >= 4 is 5.97 Å². The van der Waals surface area contributed by atoms with Crippen LogP contribution < -0.4 is 0 Å². The van der Waals surface area contributed by atoms with Gasteiger partial charge in [0.1, 0.15) is 0 Å². The van der Waals surface area contributed by atoms with E-state index in [4.69, 9.17) is 4.74 Å². The van der Waals surface area contributed by atoms with Gasteiger partial charge in [-0.2, -0.15) is 0 Å². The first-order valence-electron chi connectivity index (χ1n) is 5.82. The summed E-state index contributed by atoms with van der Waals surface area (Å²) >= 11 is 0. The highest BCUT2D eigenvalue weighted by Gasteiger charge is 2.36. The number of rotatable bonds is 3. The average Bonchev–Trinajstić information content (AvgIpc) is 2.93. The van der Waals surface area contributed by atoms with E-state index in [-0.39, 0.29) is 5.97 Å². The summed E-state index contributed by atoms with van der Waals surface area (Å²) in [6.45, 7) is 5.50. The largest absolute Gasteiger partial charge is 0.463 e. The third-order valence-corrected chi connectivity index (χ3v) is 3.13. The van der Waals surface area contributed by atoms with Crippen molar-refractivity contribution in [1.29, 1.82) is 0 Å². The van der Waals surface area contributed by atoms with Gasteiger partial charge in [-0.15, -0.1) is 0 Å². The maximum atomic E-state index is 11.3. The van der Waals surface area contributed by atoms with E-state index < -0.39 is 0 Å². The van der Waals surface area contributed by atoms with Gasteiger partial charge >= 0.3 is 5.97 Å². The first-order valence-corrected chi connectivity index (χ1v) is 5.82. The Hall–Kier alpha value is -0.830. The van der Waals surface area contributed by atoms with Crippen LogP contribution in [0.4, 0.5) is 0 Å². The second-order valence-electron chi connectivity index (χ2n) is 4.51. The minimum Gasteiger partial charge on any atom is -0.463 e. The molecule has 0 amide bonds. The van der Waals surface area contributed by atoms with Crippen LogP contribution in [-0.4, -0.2) is 36.1 Å². The van der Waals surface area contributed by atoms with E-state index in [1.54, 1.807) is 6.08 Å². The molecule has 1 heterocycles. The molecule has 1 aliphatic carbocycles. The first-order chi connectivity index (χ1) is 7.20. The van der Waals surface area contributed by atoms with Crippen LogP contribution in [0.3, 0.4) is 0 Å². The molecular formula is C12H19NO2. The smallest absolute Gasteiger partial charge is 0.330 e. The van der Waals surface area contributed by atoms with E-state index in [0.29, 0.717) is 12.6 Å². The highest BCUT2D eigenvalue weighted by molar-refractivity contribution is 5.83. The highest BCUT2D eigenvalue weighted by Crippen LogP contribution is 2.34. The van der Waals surface area contributed by atoms with Crippen LogP contribution in [0.15, 0.2) is 11.6 Å². The molecule has 1 atom stereocenters. The number of hydrogen-bond acceptors (Lipinski definition) is 3. The molecule has 1 aliphatic heterocycles. The molecule has 1 unspecified atom stereocenters. The second-order valence-corrected chi connectivity index (χ2v) is 4.51. The van der Waals surface area contributed by atoms with Crippen LogP contribution >= 0.6 is 0 Å². The standard InChI is InChI=1S/C12H19NO2/c1-3-15-12(14)7-10-6-9(2)13(8-10)11-4-5-11/h7,9,11H,3-6,8H2,1-2H3/b10-7+. The van der Waals surface area contributed by atoms with Gasteiger partial charge in [-0.3, -0.25) is 4.90 Å². The summed E-state index contributed by atoms with van der Waals surface area (Å²) in [6.07, 6.45) is 5.37. The van der Waals surface area contributed by atoms with Crippen LogP contribution in [0.2, 0.25) is 0 Å². The Morgan fingerprint density at radius 1 is 1.60 bits per heavy atom. The summed E-state index contributed by atoms with van der Waals surface area (Å²) in [5, 5.41) is 0. The van der Waals surface area contributed by atoms with Gasteiger partial charge in [0.2, 0.25) is 0 Å². The van der Waals surface area contributed by atoms with Crippen molar-refractivity contribution in [3.63, 3.8) is 0 Å². The van der Waals surface area contributed by atoms with Crippen molar-refractivity contribution in [3.05, 3.63) is 11.6 Å². The number of carbonyl (C=O) groups excluding carboxylic acids is 1. The van der Waals surface area contributed by atoms with Crippen LogP contribution in [-0.2, 0) is 9.53 Å². The highest BCUT2D eigenvalue weighted by atomic mass is 16.5. The third kappa shape index (κ3) is 2.59. The van der Waals surface area contributed by atoms with Crippen molar-refractivity contribution in [2.24, 2.45) is 0 Å². The predicted molar refractivity (Wildman–Crippen MR) is 58.5 cm³/mol. The fourth-order valence-corrected chi connectivity index (χ4v) is 2.30. The van der Waals surface area contributed by atoms with E-state index in [1.165, 1.54) is 18.4 Å². The van der Waals surface area contributed by atoms with Crippen molar-refractivity contribution in [2.75, 3.05) is 13.2 Å². The maximum Gasteiger partial charge on any atom is 0.330 e. The Bertz CT molecular complexity index is 281. The van der Waals surface area contributed by atoms with E-state index in [1.807, 2.05) is 6.92 Å². The number of esters is 1. The molecule has 0 aromatic rings. The second kappa shape index (κ2) is 4.35. The lowest BCUT2D eigenvalue weighted by Crippen LogP contribution is -2.28. The summed E-state index contributed by atoms with van der Waals surface area (Å²) in [7, 11) is 0. The molecule has 15 heavy (non-hydrogen) atoms. The van der Waals surface area contributed by atoms with Gasteiger partial charge in [0.25, 0.3) is 0 Å². The Balaban J connectivity index is 1.92. The number of carbonyl (C=O) groups is 1. The predicted octanol–water partition coefficient (Wildman–Crippen LogP) is 1.73. The molecule has 84 valence electrons. The molecule has 0 bridgehead atoms. The molecule has 2 rings (SSSR count). The zero-order chi connectivity index (χ0) is 10.8. The normalized spacial score (nSPS) is 29.7. The Morgan fingerprint density at radius 2 is 2.33 bits per heavy atom. The van der Waals surface area contributed by atoms with Crippen molar-refractivity contribution in [1.82, 2.24) is 4.90 Å². The Kier molecular flexibility index (Phi) is 3.10. The number of likely N-dealkylation sites (tertiary alicyclic amines) is 1. The number of ether oxygens (including phenoxy) is 1. The maximum absolute atomic E-state index is 11.3. The topological polar surface area (TPSA) is 29.5 Å². The molecule has 1 saturated heterocycles. The zero-order valence-corrected chi connectivity index (χ0v) is 9.53. The zero-order valence-electron chi connectivity index (χ0n) is 9.53. The lowest BCUT2D eigenvalue weighted by atomic mass is 10.1. The molecule has 0 N–H and O–H groups in total. The molecule has 0 spiro atoms. The summed E-state index contributed by atoms with van der Waals surface area (Å²) in [5.74, 6) is -0.183. The fraction of sp³-hybridized carbons (Fsp3) is 0.750. The molecule has 1 saturated carbocycles. The number of hydrogen-bond donors (Lipinski definition) is 0. The third-order valence-electron chi connectivity index (χ3n) is 3.13. The van der Waals surface area contributed by atoms with Crippen LogP contribution in [0.5, 0.6) is 0 Å². The molecule has 0 aromatic carbocycles. The van der Waals surface area contributed by atoms with E-state index in [2.05, 4.69) is 11.8 Å². The number of nitrogens with zero attached hydrogens (tertiary/aromatic N) is 1. The SMILES string of the molecule is CCOC(=O)/C=C1\CC(C)N(C2CC2)C1. The minimum atomic E-state index is -0.183. The quantitative estimate of drug-likeness (QED) is 0.523. The molecule has 0 radical (unpaired) electrons. The van der Waals surface area contributed by atoms with Gasteiger partial charge in [0, 0.05) is 24.7 Å². The molecule has 3 heteroatoms. The molecule has 2 aliphatic rings. The summed E-state index contributed by atoms with van der Waals surface area (Å²) in [5.41, 5.74) is 1.23. The molecule has 0 aromatic heterocycles. The van der Waals surface area contributed by atoms with Crippen molar-refractivity contribution < 1.29 is 9.53 Å². The summed E-state index contributed by atoms with van der Waals surface area (Å²) < 4.78 is 4.92. The van der Waals surface area contributed by atoms with Gasteiger partial charge in [-0.25, -0.2) is 4.79 Å². The van der Waals surface area contributed by atoms with Gasteiger partial charge in [-0.1, -0.05) is 0 Å². The van der Waals surface area contributed by atoms with E-state index >= 15 is 0 Å². The van der Waals surface area contributed by atoms with Crippen molar-refractivity contribution in [2.45, 2.75) is 45.2 Å². The van der Waals surface area contributed by atoms with E-state index in [9.17, 15) is 4.79 Å².